The van der Waals surface area contributed by atoms with E-state index in [0.717, 1.165) is 56.2 Å². The summed E-state index contributed by atoms with van der Waals surface area (Å²) in [6.45, 7) is 0. The van der Waals surface area contributed by atoms with Gasteiger partial charge in [-0.15, -0.1) is 0 Å². The van der Waals surface area contributed by atoms with Crippen LogP contribution >= 0.6 is 0 Å². The highest BCUT2D eigenvalue weighted by atomic mass is 15.1. The highest BCUT2D eigenvalue weighted by molar-refractivity contribution is 6.19. The molecule has 2 aliphatic carbocycles. The maximum Gasteiger partial charge on any atom is 0.145 e. The fraction of sp³-hybridized carbons (Fsp3) is 0.0877. The second-order valence-corrected chi connectivity index (χ2v) is 16.8. The SMILES string of the molecule is c1ccc(-c2nc3ccccc3n2-c2cccc3c(-c4cccc5c4-c4ccccc4C54CCCC4)c4cccc(-n5c(-c6ccccc6)nc6ccccc65)c4cc23)cc1. The molecule has 61 heavy (non-hydrogen) atoms. The first kappa shape index (κ1) is 34.3. The summed E-state index contributed by atoms with van der Waals surface area (Å²) in [6, 6.07) is 70.9. The molecule has 1 saturated carbocycles. The maximum absolute atomic E-state index is 5.31. The molecule has 11 aromatic rings. The summed E-state index contributed by atoms with van der Waals surface area (Å²) in [5.41, 5.74) is 16.8. The van der Waals surface area contributed by atoms with Gasteiger partial charge in [-0.1, -0.05) is 165 Å². The van der Waals surface area contributed by atoms with Gasteiger partial charge in [-0.3, -0.25) is 9.13 Å². The van der Waals surface area contributed by atoms with Crippen LogP contribution in [0, 0.1) is 0 Å². The molecular weight excluding hydrogens is 741 g/mol. The highest BCUT2D eigenvalue weighted by Gasteiger charge is 2.45. The molecular formula is C57H40N4. The average molecular weight is 781 g/mol. The van der Waals surface area contributed by atoms with Gasteiger partial charge in [-0.2, -0.15) is 0 Å². The molecule has 0 bridgehead atoms. The smallest absolute Gasteiger partial charge is 0.145 e. The number of aromatic nitrogens is 4. The number of imidazole rings is 2. The van der Waals surface area contributed by atoms with Gasteiger partial charge >= 0.3 is 0 Å². The Bertz CT molecular complexity index is 3360. The summed E-state index contributed by atoms with van der Waals surface area (Å²) in [5, 5.41) is 4.78. The van der Waals surface area contributed by atoms with Gasteiger partial charge in [0.25, 0.3) is 0 Å². The Balaban J connectivity index is 1.20. The van der Waals surface area contributed by atoms with Gasteiger partial charge < -0.3 is 0 Å². The molecule has 0 N–H and O–H groups in total. The first-order valence-electron chi connectivity index (χ1n) is 21.6. The van der Waals surface area contributed by atoms with E-state index in [9.17, 15) is 0 Å². The van der Waals surface area contributed by atoms with Crippen LogP contribution in [0.5, 0.6) is 0 Å². The fourth-order valence-electron chi connectivity index (χ4n) is 11.1. The Kier molecular flexibility index (Phi) is 7.44. The number of hydrogen-bond acceptors (Lipinski definition) is 2. The van der Waals surface area contributed by atoms with Gasteiger partial charge in [0.15, 0.2) is 0 Å². The molecule has 9 aromatic carbocycles. The van der Waals surface area contributed by atoms with Crippen LogP contribution in [0.25, 0.3) is 100 Å². The van der Waals surface area contributed by atoms with Crippen LogP contribution in [0.1, 0.15) is 36.8 Å². The second kappa shape index (κ2) is 13.2. The van der Waals surface area contributed by atoms with Crippen molar-refractivity contribution in [2.75, 3.05) is 0 Å². The maximum atomic E-state index is 5.31. The van der Waals surface area contributed by atoms with E-state index in [1.165, 1.54) is 80.6 Å². The molecule has 2 heterocycles. The number of nitrogens with zero attached hydrogens (tertiary/aromatic N) is 4. The van der Waals surface area contributed by atoms with Crippen LogP contribution in [0.15, 0.2) is 194 Å². The van der Waals surface area contributed by atoms with Crippen molar-refractivity contribution in [3.8, 4) is 56.4 Å². The number of rotatable bonds is 5. The van der Waals surface area contributed by atoms with Crippen molar-refractivity contribution in [1.29, 1.82) is 0 Å². The highest BCUT2D eigenvalue weighted by Crippen LogP contribution is 2.59. The Morgan fingerprint density at radius 1 is 0.377 bits per heavy atom. The molecule has 0 saturated heterocycles. The van der Waals surface area contributed by atoms with Crippen molar-refractivity contribution in [2.45, 2.75) is 31.1 Å². The molecule has 4 nitrogen and oxygen atoms in total. The van der Waals surface area contributed by atoms with Crippen LogP contribution in [0.2, 0.25) is 0 Å². The summed E-state index contributed by atoms with van der Waals surface area (Å²) in [7, 11) is 0. The van der Waals surface area contributed by atoms with Gasteiger partial charge in [-0.25, -0.2) is 9.97 Å². The molecule has 0 amide bonds. The quantitative estimate of drug-likeness (QED) is 0.163. The summed E-state index contributed by atoms with van der Waals surface area (Å²) in [5.74, 6) is 1.85. The lowest BCUT2D eigenvalue weighted by Crippen LogP contribution is -2.20. The molecule has 2 aromatic heterocycles. The van der Waals surface area contributed by atoms with E-state index < -0.39 is 0 Å². The number of fused-ring (bicyclic) bond motifs is 9. The first-order chi connectivity index (χ1) is 30.3. The molecule has 0 atom stereocenters. The summed E-state index contributed by atoms with van der Waals surface area (Å²) < 4.78 is 4.76. The zero-order valence-electron chi connectivity index (χ0n) is 33.6. The zero-order chi connectivity index (χ0) is 40.1. The van der Waals surface area contributed by atoms with Crippen molar-refractivity contribution in [3.63, 3.8) is 0 Å². The Morgan fingerprint density at radius 2 is 0.852 bits per heavy atom. The van der Waals surface area contributed by atoms with Crippen LogP contribution in [-0.4, -0.2) is 19.1 Å². The van der Waals surface area contributed by atoms with Crippen LogP contribution in [0.4, 0.5) is 0 Å². The molecule has 1 fully saturated rings. The Labute approximate surface area is 354 Å². The third kappa shape index (κ3) is 4.93. The first-order valence-corrected chi connectivity index (χ1v) is 21.6. The van der Waals surface area contributed by atoms with Gasteiger partial charge in [0, 0.05) is 27.3 Å². The normalized spacial score (nSPS) is 14.1. The van der Waals surface area contributed by atoms with Gasteiger partial charge in [0.1, 0.15) is 11.6 Å². The number of para-hydroxylation sites is 4. The van der Waals surface area contributed by atoms with E-state index in [2.05, 4.69) is 203 Å². The van der Waals surface area contributed by atoms with E-state index >= 15 is 0 Å². The molecule has 13 rings (SSSR count). The van der Waals surface area contributed by atoms with E-state index in [4.69, 9.17) is 9.97 Å². The summed E-state index contributed by atoms with van der Waals surface area (Å²) in [6.07, 6.45) is 4.90. The summed E-state index contributed by atoms with van der Waals surface area (Å²) >= 11 is 0. The minimum absolute atomic E-state index is 0.0548. The number of hydrogen-bond donors (Lipinski definition) is 0. The van der Waals surface area contributed by atoms with Crippen molar-refractivity contribution in [1.82, 2.24) is 19.1 Å². The van der Waals surface area contributed by atoms with E-state index in [1.54, 1.807) is 0 Å². The fourth-order valence-corrected chi connectivity index (χ4v) is 11.1. The van der Waals surface area contributed by atoms with Crippen molar-refractivity contribution in [2.24, 2.45) is 0 Å². The molecule has 2 aliphatic rings. The molecule has 0 unspecified atom stereocenters. The van der Waals surface area contributed by atoms with Crippen LogP contribution in [-0.2, 0) is 5.41 Å². The lowest BCUT2D eigenvalue weighted by molar-refractivity contribution is 0.550. The molecule has 1 spiro atoms. The predicted molar refractivity (Wildman–Crippen MR) is 252 cm³/mol. The van der Waals surface area contributed by atoms with Crippen LogP contribution < -0.4 is 0 Å². The van der Waals surface area contributed by atoms with Crippen LogP contribution in [0.3, 0.4) is 0 Å². The molecule has 4 heteroatoms. The molecule has 288 valence electrons. The van der Waals surface area contributed by atoms with Crippen molar-refractivity contribution >= 4 is 43.6 Å². The monoisotopic (exact) mass is 780 g/mol. The molecule has 0 aliphatic heterocycles. The second-order valence-electron chi connectivity index (χ2n) is 16.8. The standard InChI is InChI=1S/C57H40N4/c1-3-18-37(19-4-1)55-58-47-28-9-11-30-51(47)60(55)49-32-16-23-39-43(49)36-44-40(24-17-33-50(44)61-52-31-12-10-29-48(52)59-56(61)38-20-5-2-6-21-38)53(39)42-25-15-27-46-54(42)41-22-7-8-26-45(41)57(46)34-13-14-35-57/h1-12,15-33,36H,13-14,34-35H2. The molecule has 0 radical (unpaired) electrons. The minimum Gasteiger partial charge on any atom is -0.292 e. The van der Waals surface area contributed by atoms with Crippen molar-refractivity contribution in [3.05, 3.63) is 205 Å². The van der Waals surface area contributed by atoms with Gasteiger partial charge in [0.2, 0.25) is 0 Å². The van der Waals surface area contributed by atoms with E-state index in [1.807, 2.05) is 0 Å². The largest absolute Gasteiger partial charge is 0.292 e. The number of benzene rings is 9. The third-order valence-electron chi connectivity index (χ3n) is 13.7. The van der Waals surface area contributed by atoms with Crippen molar-refractivity contribution < 1.29 is 0 Å². The lowest BCUT2D eigenvalue weighted by Gasteiger charge is -2.27. The topological polar surface area (TPSA) is 35.6 Å². The van der Waals surface area contributed by atoms with E-state index in [-0.39, 0.29) is 5.41 Å². The average Bonchev–Trinajstić information content (AvgIpc) is 4.12. The summed E-state index contributed by atoms with van der Waals surface area (Å²) in [4.78, 5) is 10.6. The van der Waals surface area contributed by atoms with Gasteiger partial charge in [-0.05, 0) is 99.5 Å². The lowest BCUT2D eigenvalue weighted by atomic mass is 9.76. The Hall–Kier alpha value is -7.56. The third-order valence-corrected chi connectivity index (χ3v) is 13.7. The Morgan fingerprint density at radius 3 is 1.44 bits per heavy atom. The minimum atomic E-state index is 0.0548. The van der Waals surface area contributed by atoms with Gasteiger partial charge in [0.05, 0.1) is 33.4 Å². The zero-order valence-corrected chi connectivity index (χ0v) is 33.6. The predicted octanol–water partition coefficient (Wildman–Crippen LogP) is 14.5. The van der Waals surface area contributed by atoms with E-state index in [0.29, 0.717) is 0 Å².